The molecule has 94 valence electrons. The Morgan fingerprint density at radius 2 is 2.06 bits per heavy atom. The molecule has 0 aliphatic rings. The number of fused-ring (bicyclic) bond motifs is 1. The lowest BCUT2D eigenvalue weighted by molar-refractivity contribution is 0.112. The van der Waals surface area contributed by atoms with Gasteiger partial charge in [0.15, 0.2) is 6.29 Å². The molecular weight excluding hydrogens is 228 g/mol. The first kappa shape index (κ1) is 12.4. The van der Waals surface area contributed by atoms with Crippen LogP contribution in [0.4, 0.5) is 5.69 Å². The van der Waals surface area contributed by atoms with Crippen molar-refractivity contribution in [3.8, 4) is 5.75 Å². The van der Waals surface area contributed by atoms with Crippen molar-refractivity contribution in [3.63, 3.8) is 0 Å². The summed E-state index contributed by atoms with van der Waals surface area (Å²) in [6.45, 7) is 1.94. The van der Waals surface area contributed by atoms with E-state index in [2.05, 4.69) is 4.98 Å². The van der Waals surface area contributed by atoms with Gasteiger partial charge < -0.3 is 9.64 Å². The number of anilines is 1. The molecule has 0 radical (unpaired) electrons. The van der Waals surface area contributed by atoms with Crippen LogP contribution < -0.4 is 9.64 Å². The van der Waals surface area contributed by atoms with Crippen LogP contribution in [0.2, 0.25) is 0 Å². The Balaban J connectivity index is 2.93. The summed E-state index contributed by atoms with van der Waals surface area (Å²) in [4.78, 5) is 17.8. The second-order valence-electron chi connectivity index (χ2n) is 4.37. The van der Waals surface area contributed by atoms with Gasteiger partial charge in [-0.15, -0.1) is 0 Å². The summed E-state index contributed by atoms with van der Waals surface area (Å²) in [6.07, 6.45) is 0.825. The van der Waals surface area contributed by atoms with Gasteiger partial charge in [0.25, 0.3) is 0 Å². The topological polar surface area (TPSA) is 42.4 Å². The van der Waals surface area contributed by atoms with E-state index in [-0.39, 0.29) is 0 Å². The van der Waals surface area contributed by atoms with E-state index in [1.807, 2.05) is 38.1 Å². The van der Waals surface area contributed by atoms with Crippen molar-refractivity contribution in [2.24, 2.45) is 0 Å². The summed E-state index contributed by atoms with van der Waals surface area (Å²) in [5, 5.41) is 0.833. The number of methoxy groups -OCH3 is 1. The zero-order valence-corrected chi connectivity index (χ0v) is 11.0. The lowest BCUT2D eigenvalue weighted by Crippen LogP contribution is -2.11. The van der Waals surface area contributed by atoms with Crippen molar-refractivity contribution in [1.29, 1.82) is 0 Å². The molecular formula is C14H16N2O2. The van der Waals surface area contributed by atoms with Crippen LogP contribution in [0, 0.1) is 6.92 Å². The molecule has 1 aromatic heterocycles. The predicted molar refractivity (Wildman–Crippen MR) is 72.7 cm³/mol. The number of aldehydes is 1. The lowest BCUT2D eigenvalue weighted by Gasteiger charge is -2.18. The molecule has 0 fully saturated rings. The molecule has 2 rings (SSSR count). The fourth-order valence-corrected chi connectivity index (χ4v) is 2.09. The number of hydrogen-bond acceptors (Lipinski definition) is 4. The van der Waals surface area contributed by atoms with Crippen LogP contribution in [0.15, 0.2) is 18.2 Å². The minimum Gasteiger partial charge on any atom is -0.496 e. The third kappa shape index (κ3) is 1.90. The van der Waals surface area contributed by atoms with Gasteiger partial charge in [0.1, 0.15) is 5.75 Å². The average Bonchev–Trinajstić information content (AvgIpc) is 2.35. The molecule has 2 aromatic rings. The van der Waals surface area contributed by atoms with Crippen molar-refractivity contribution >= 4 is 22.9 Å². The average molecular weight is 244 g/mol. The molecule has 1 aromatic carbocycles. The predicted octanol–water partition coefficient (Wildman–Crippen LogP) is 2.43. The maximum atomic E-state index is 11.3. The Bertz CT molecular complexity index is 606. The first-order valence-electron chi connectivity index (χ1n) is 5.69. The van der Waals surface area contributed by atoms with Gasteiger partial charge in [-0.1, -0.05) is 0 Å². The minimum atomic E-state index is 0.547. The second kappa shape index (κ2) is 4.64. The molecule has 4 nitrogen and oxygen atoms in total. The van der Waals surface area contributed by atoms with Crippen molar-refractivity contribution in [1.82, 2.24) is 4.98 Å². The molecule has 0 amide bonds. The summed E-state index contributed by atoms with van der Waals surface area (Å²) < 4.78 is 5.23. The fraction of sp³-hybridized carbons (Fsp3) is 0.286. The number of rotatable bonds is 3. The van der Waals surface area contributed by atoms with E-state index in [1.54, 1.807) is 13.2 Å². The van der Waals surface area contributed by atoms with Gasteiger partial charge in [0.2, 0.25) is 0 Å². The van der Waals surface area contributed by atoms with Crippen LogP contribution in [-0.4, -0.2) is 32.5 Å². The summed E-state index contributed by atoms with van der Waals surface area (Å²) >= 11 is 0. The quantitative estimate of drug-likeness (QED) is 0.778. The second-order valence-corrected chi connectivity index (χ2v) is 4.37. The van der Waals surface area contributed by atoms with E-state index in [1.165, 1.54) is 0 Å². The van der Waals surface area contributed by atoms with Crippen LogP contribution in [0.1, 0.15) is 16.1 Å². The van der Waals surface area contributed by atoms with E-state index >= 15 is 0 Å². The van der Waals surface area contributed by atoms with Gasteiger partial charge in [-0.05, 0) is 25.1 Å². The zero-order chi connectivity index (χ0) is 13.3. The number of nitrogens with zero attached hydrogens (tertiary/aromatic N) is 2. The number of pyridine rings is 1. The van der Waals surface area contributed by atoms with Crippen molar-refractivity contribution < 1.29 is 9.53 Å². The van der Waals surface area contributed by atoms with Gasteiger partial charge in [0, 0.05) is 30.9 Å². The Labute approximate surface area is 106 Å². The van der Waals surface area contributed by atoms with Crippen LogP contribution in [0.25, 0.3) is 10.9 Å². The normalized spacial score (nSPS) is 10.4. The zero-order valence-electron chi connectivity index (χ0n) is 11.0. The van der Waals surface area contributed by atoms with Crippen molar-refractivity contribution in [2.75, 3.05) is 26.1 Å². The first-order chi connectivity index (χ1) is 8.58. The number of hydrogen-bond donors (Lipinski definition) is 0. The summed E-state index contributed by atoms with van der Waals surface area (Å²) in [7, 11) is 5.45. The third-order valence-electron chi connectivity index (χ3n) is 2.90. The lowest BCUT2D eigenvalue weighted by atomic mass is 10.0. The van der Waals surface area contributed by atoms with Crippen LogP contribution in [0.3, 0.4) is 0 Å². The van der Waals surface area contributed by atoms with Crippen molar-refractivity contribution in [3.05, 3.63) is 29.5 Å². The number of aryl methyl sites for hydroxylation is 1. The summed E-state index contributed by atoms with van der Waals surface area (Å²) in [6, 6.07) is 5.62. The molecule has 0 aliphatic heterocycles. The molecule has 0 atom stereocenters. The molecule has 18 heavy (non-hydrogen) atoms. The van der Waals surface area contributed by atoms with Gasteiger partial charge in [-0.25, -0.2) is 0 Å². The highest BCUT2D eigenvalue weighted by Crippen LogP contribution is 2.32. The van der Waals surface area contributed by atoms with E-state index in [0.29, 0.717) is 11.3 Å². The Hall–Kier alpha value is -2.10. The van der Waals surface area contributed by atoms with E-state index in [9.17, 15) is 4.79 Å². The molecule has 0 spiro atoms. The number of ether oxygens (including phenoxy) is 1. The molecule has 0 N–H and O–H groups in total. The smallest absolute Gasteiger partial charge is 0.154 e. The summed E-state index contributed by atoms with van der Waals surface area (Å²) in [5.41, 5.74) is 3.25. The Kier molecular flexibility index (Phi) is 3.19. The largest absolute Gasteiger partial charge is 0.496 e. The van der Waals surface area contributed by atoms with Gasteiger partial charge >= 0.3 is 0 Å². The standard InChI is InChI=1S/C14H16N2O2/c1-9-7-12(16(2)3)14-10(8-17)13(18-4)6-5-11(14)15-9/h5-8H,1-4H3. The van der Waals surface area contributed by atoms with Gasteiger partial charge in [-0.2, -0.15) is 0 Å². The fourth-order valence-electron chi connectivity index (χ4n) is 2.09. The molecule has 0 unspecified atom stereocenters. The third-order valence-corrected chi connectivity index (χ3v) is 2.90. The van der Waals surface area contributed by atoms with Crippen LogP contribution in [-0.2, 0) is 0 Å². The monoisotopic (exact) mass is 244 g/mol. The van der Waals surface area contributed by atoms with Crippen LogP contribution in [0.5, 0.6) is 5.75 Å². The highest BCUT2D eigenvalue weighted by atomic mass is 16.5. The van der Waals surface area contributed by atoms with Gasteiger partial charge in [0.05, 0.1) is 18.2 Å². The van der Waals surface area contributed by atoms with Crippen molar-refractivity contribution in [2.45, 2.75) is 6.92 Å². The van der Waals surface area contributed by atoms with E-state index < -0.39 is 0 Å². The summed E-state index contributed by atoms with van der Waals surface area (Å²) in [5.74, 6) is 0.575. The molecule has 0 saturated carbocycles. The number of aromatic nitrogens is 1. The molecule has 0 bridgehead atoms. The highest BCUT2D eigenvalue weighted by molar-refractivity contribution is 6.06. The molecule has 0 aliphatic carbocycles. The number of carbonyl (C=O) groups is 1. The SMILES string of the molecule is COc1ccc2nc(C)cc(N(C)C)c2c1C=O. The first-order valence-corrected chi connectivity index (χ1v) is 5.69. The maximum absolute atomic E-state index is 11.3. The molecule has 4 heteroatoms. The molecule has 1 heterocycles. The maximum Gasteiger partial charge on any atom is 0.154 e. The van der Waals surface area contributed by atoms with E-state index in [4.69, 9.17) is 4.74 Å². The minimum absolute atomic E-state index is 0.547. The van der Waals surface area contributed by atoms with Gasteiger partial charge in [-0.3, -0.25) is 9.78 Å². The van der Waals surface area contributed by atoms with Crippen LogP contribution >= 0.6 is 0 Å². The Morgan fingerprint density at radius 1 is 1.33 bits per heavy atom. The highest BCUT2D eigenvalue weighted by Gasteiger charge is 2.14. The number of carbonyl (C=O) groups excluding carboxylic acids is 1. The Morgan fingerprint density at radius 3 is 2.61 bits per heavy atom. The van der Waals surface area contributed by atoms with E-state index in [0.717, 1.165) is 28.6 Å². The number of benzene rings is 1. The molecule has 0 saturated heterocycles.